The van der Waals surface area contributed by atoms with E-state index in [9.17, 15) is 8.78 Å². The van der Waals surface area contributed by atoms with Gasteiger partial charge in [-0.05, 0) is 17.3 Å². The molecule has 0 aliphatic carbocycles. The van der Waals surface area contributed by atoms with Crippen LogP contribution < -0.4 is 9.47 Å². The number of benzene rings is 1. The van der Waals surface area contributed by atoms with Crippen LogP contribution in [0.25, 0.3) is 0 Å². The normalized spacial score (nSPS) is 12.7. The molecule has 0 unspecified atom stereocenters. The second-order valence-electron chi connectivity index (χ2n) is 5.28. The molecule has 0 amide bonds. The van der Waals surface area contributed by atoms with Crippen molar-refractivity contribution in [2.75, 3.05) is 33.7 Å². The fourth-order valence-electron chi connectivity index (χ4n) is 2.11. The van der Waals surface area contributed by atoms with Crippen molar-refractivity contribution >= 4 is 11.6 Å². The van der Waals surface area contributed by atoms with E-state index >= 15 is 0 Å². The summed E-state index contributed by atoms with van der Waals surface area (Å²) in [5.74, 6) is 0.273. The van der Waals surface area contributed by atoms with E-state index in [0.717, 1.165) is 7.11 Å². The molecule has 2 heterocycles. The number of aliphatic hydroxyl groups excluding tert-OH is 1. The lowest BCUT2D eigenvalue weighted by molar-refractivity contribution is 0.0676. The summed E-state index contributed by atoms with van der Waals surface area (Å²) in [6.07, 6.45) is 0.0936. The fourth-order valence-corrected chi connectivity index (χ4v) is 2.11. The number of halogens is 2. The van der Waals surface area contributed by atoms with Gasteiger partial charge in [-0.25, -0.2) is 13.8 Å². The molecule has 2 aromatic rings. The van der Waals surface area contributed by atoms with Crippen molar-refractivity contribution < 1.29 is 32.9 Å². The van der Waals surface area contributed by atoms with Crippen molar-refractivity contribution in [3.63, 3.8) is 0 Å². The molecule has 9 nitrogen and oxygen atoms in total. The average molecular weight is 410 g/mol. The number of hydrogen-bond acceptors (Lipinski definition) is 9. The SMILES string of the molecule is CO.N=C(C1=NOCCO1)c1ccccc1Oc1nccc(OC(CF)CF)n1. The smallest absolute Gasteiger partial charge is 0.325 e. The third-order valence-corrected chi connectivity index (χ3v) is 3.37. The summed E-state index contributed by atoms with van der Waals surface area (Å²) in [6.45, 7) is -1.37. The highest BCUT2D eigenvalue weighted by molar-refractivity contribution is 6.44. The number of oxime groups is 1. The Morgan fingerprint density at radius 1 is 1.21 bits per heavy atom. The first-order valence-electron chi connectivity index (χ1n) is 8.46. The summed E-state index contributed by atoms with van der Waals surface area (Å²) in [6, 6.07) is 7.93. The number of nitrogens with zero attached hydrogens (tertiary/aromatic N) is 3. The van der Waals surface area contributed by atoms with Gasteiger partial charge in [0, 0.05) is 24.9 Å². The molecule has 2 N–H and O–H groups in total. The maximum atomic E-state index is 12.6. The van der Waals surface area contributed by atoms with E-state index in [-0.39, 0.29) is 35.9 Å². The van der Waals surface area contributed by atoms with Gasteiger partial charge in [-0.2, -0.15) is 4.98 Å². The molecule has 0 atom stereocenters. The molecule has 0 spiro atoms. The van der Waals surface area contributed by atoms with E-state index in [4.69, 9.17) is 29.6 Å². The number of aliphatic hydroxyl groups is 1. The number of hydrogen-bond donors (Lipinski definition) is 2. The molecule has 156 valence electrons. The second-order valence-corrected chi connectivity index (χ2v) is 5.28. The van der Waals surface area contributed by atoms with Gasteiger partial charge in [-0.3, -0.25) is 5.41 Å². The van der Waals surface area contributed by atoms with Gasteiger partial charge < -0.3 is 24.2 Å². The Hall–Kier alpha value is -3.34. The van der Waals surface area contributed by atoms with Gasteiger partial charge in [0.1, 0.15) is 31.4 Å². The Bertz CT molecular complexity index is 833. The summed E-state index contributed by atoms with van der Waals surface area (Å²) in [7, 11) is 1.00. The largest absolute Gasteiger partial charge is 0.470 e. The van der Waals surface area contributed by atoms with Crippen LogP contribution in [-0.4, -0.2) is 66.5 Å². The molecule has 11 heteroatoms. The van der Waals surface area contributed by atoms with Gasteiger partial charge >= 0.3 is 6.01 Å². The van der Waals surface area contributed by atoms with Crippen LogP contribution in [0.5, 0.6) is 17.6 Å². The molecule has 0 fully saturated rings. The van der Waals surface area contributed by atoms with Crippen molar-refractivity contribution in [1.29, 1.82) is 5.41 Å². The molecule has 0 saturated heterocycles. The number of ether oxygens (including phenoxy) is 3. The van der Waals surface area contributed by atoms with Crippen molar-refractivity contribution in [3.8, 4) is 17.6 Å². The Labute approximate surface area is 165 Å². The highest BCUT2D eigenvalue weighted by Gasteiger charge is 2.20. The summed E-state index contributed by atoms with van der Waals surface area (Å²) in [4.78, 5) is 12.9. The predicted octanol–water partition coefficient (Wildman–Crippen LogP) is 2.29. The van der Waals surface area contributed by atoms with Crippen molar-refractivity contribution in [2.45, 2.75) is 6.10 Å². The minimum Gasteiger partial charge on any atom is -0.470 e. The van der Waals surface area contributed by atoms with Gasteiger partial charge in [-0.1, -0.05) is 12.1 Å². The van der Waals surface area contributed by atoms with E-state index in [1.807, 2.05) is 0 Å². The fraction of sp³-hybridized carbons (Fsp3) is 0.333. The van der Waals surface area contributed by atoms with E-state index in [1.54, 1.807) is 24.3 Å². The van der Waals surface area contributed by atoms with E-state index < -0.39 is 19.5 Å². The van der Waals surface area contributed by atoms with Crippen LogP contribution in [0, 0.1) is 5.41 Å². The Balaban J connectivity index is 0.00000145. The van der Waals surface area contributed by atoms with Crippen molar-refractivity contribution in [3.05, 3.63) is 42.1 Å². The van der Waals surface area contributed by atoms with Crippen LogP contribution in [0.4, 0.5) is 8.78 Å². The zero-order valence-corrected chi connectivity index (χ0v) is 15.5. The number of aromatic nitrogens is 2. The van der Waals surface area contributed by atoms with Crippen molar-refractivity contribution in [2.24, 2.45) is 5.16 Å². The zero-order valence-electron chi connectivity index (χ0n) is 15.5. The number of nitrogens with one attached hydrogen (secondary N) is 1. The third kappa shape index (κ3) is 6.07. The molecule has 1 aliphatic rings. The average Bonchev–Trinajstić information content (AvgIpc) is 2.79. The van der Waals surface area contributed by atoms with Gasteiger partial charge in [0.15, 0.2) is 12.7 Å². The van der Waals surface area contributed by atoms with Gasteiger partial charge in [0.25, 0.3) is 5.90 Å². The third-order valence-electron chi connectivity index (χ3n) is 3.37. The van der Waals surface area contributed by atoms with E-state index in [1.165, 1.54) is 12.3 Å². The maximum Gasteiger partial charge on any atom is 0.325 e. The molecular formula is C18H20F2N4O5. The molecule has 3 rings (SSSR count). The summed E-state index contributed by atoms with van der Waals surface area (Å²) >= 11 is 0. The maximum absolute atomic E-state index is 12.6. The molecular weight excluding hydrogens is 390 g/mol. The number of rotatable bonds is 8. The zero-order chi connectivity index (χ0) is 21.1. The molecule has 1 aromatic heterocycles. The van der Waals surface area contributed by atoms with Gasteiger partial charge in [0.05, 0.1) is 0 Å². The molecule has 0 bridgehead atoms. The lowest BCUT2D eigenvalue weighted by Crippen LogP contribution is -2.24. The van der Waals surface area contributed by atoms with E-state index in [2.05, 4.69) is 15.1 Å². The monoisotopic (exact) mass is 410 g/mol. The Kier molecular flexibility index (Phi) is 8.70. The molecule has 0 saturated carbocycles. The van der Waals surface area contributed by atoms with Crippen LogP contribution >= 0.6 is 0 Å². The topological polar surface area (TPSA) is 119 Å². The van der Waals surface area contributed by atoms with Crippen LogP contribution in [0.1, 0.15) is 5.56 Å². The first-order valence-corrected chi connectivity index (χ1v) is 8.46. The highest BCUT2D eigenvalue weighted by Crippen LogP contribution is 2.25. The Morgan fingerprint density at radius 2 is 1.97 bits per heavy atom. The van der Waals surface area contributed by atoms with Gasteiger partial charge in [-0.15, -0.1) is 0 Å². The minimum atomic E-state index is -1.24. The summed E-state index contributed by atoms with van der Waals surface area (Å²) < 4.78 is 41.2. The summed E-state index contributed by atoms with van der Waals surface area (Å²) in [5, 5.41) is 19.0. The van der Waals surface area contributed by atoms with Crippen LogP contribution in [-0.2, 0) is 9.57 Å². The lowest BCUT2D eigenvalue weighted by atomic mass is 10.1. The predicted molar refractivity (Wildman–Crippen MR) is 99.2 cm³/mol. The van der Waals surface area contributed by atoms with Crippen molar-refractivity contribution in [1.82, 2.24) is 9.97 Å². The lowest BCUT2D eigenvalue weighted by Gasteiger charge is -2.16. The number of para-hydroxylation sites is 1. The first kappa shape index (κ1) is 22.0. The molecule has 1 aliphatic heterocycles. The number of alkyl halides is 2. The van der Waals surface area contributed by atoms with E-state index in [0.29, 0.717) is 12.2 Å². The molecule has 0 radical (unpaired) electrons. The van der Waals surface area contributed by atoms with Crippen LogP contribution in [0.2, 0.25) is 0 Å². The van der Waals surface area contributed by atoms with Gasteiger partial charge in [0.2, 0.25) is 5.88 Å². The summed E-state index contributed by atoms with van der Waals surface area (Å²) in [5.41, 5.74) is 0.342. The Morgan fingerprint density at radius 3 is 2.66 bits per heavy atom. The standard InChI is InChI=1S/C17H16F2N4O4.CH4O/c18-9-11(10-19)26-14-5-6-21-17(22-14)27-13-4-2-1-3-12(13)15(20)16-23-25-8-7-24-16;1-2/h1-6,11,20H,7-10H2;2H,1H3. The quantitative estimate of drug-likeness (QED) is 0.641. The first-order chi connectivity index (χ1) is 14.2. The minimum absolute atomic E-state index is 0.0266. The second kappa shape index (κ2) is 11.5. The molecule has 29 heavy (non-hydrogen) atoms. The molecule has 1 aromatic carbocycles. The van der Waals surface area contributed by atoms with Crippen LogP contribution in [0.3, 0.4) is 0 Å². The van der Waals surface area contributed by atoms with Crippen LogP contribution in [0.15, 0.2) is 41.7 Å². The highest BCUT2D eigenvalue weighted by atomic mass is 19.1.